The fourth-order valence-corrected chi connectivity index (χ4v) is 4.47. The number of urea groups is 1. The summed E-state index contributed by atoms with van der Waals surface area (Å²) in [6, 6.07) is 13.4. The lowest BCUT2D eigenvalue weighted by Gasteiger charge is -2.34. The van der Waals surface area contributed by atoms with Crippen molar-refractivity contribution in [2.45, 2.75) is 25.2 Å². The smallest absolute Gasteiger partial charge is 0.318 e. The molecule has 0 fully saturated rings. The molecule has 3 amide bonds. The Bertz CT molecular complexity index is 1180. The molecule has 0 aromatic heterocycles. The number of amides is 3. The minimum absolute atomic E-state index is 0.0913. The Labute approximate surface area is 214 Å². The van der Waals surface area contributed by atoms with Crippen LogP contribution in [0, 0.1) is 5.41 Å². The van der Waals surface area contributed by atoms with E-state index in [9.17, 15) is 9.59 Å². The van der Waals surface area contributed by atoms with Gasteiger partial charge in [-0.1, -0.05) is 6.07 Å². The molecule has 192 valence electrons. The van der Waals surface area contributed by atoms with Crippen LogP contribution < -0.4 is 27.4 Å². The van der Waals surface area contributed by atoms with Gasteiger partial charge in [-0.05, 0) is 70.4 Å². The monoisotopic (exact) mass is 510 g/mol. The molecule has 1 aliphatic heterocycles. The van der Waals surface area contributed by atoms with Gasteiger partial charge in [-0.3, -0.25) is 10.2 Å². The van der Waals surface area contributed by atoms with Gasteiger partial charge in [0, 0.05) is 40.4 Å². The van der Waals surface area contributed by atoms with E-state index < -0.39 is 5.54 Å². The maximum atomic E-state index is 13.0. The molecule has 2 aromatic carbocycles. The van der Waals surface area contributed by atoms with Crippen molar-refractivity contribution in [1.82, 2.24) is 15.1 Å². The highest BCUT2D eigenvalue weighted by atomic mass is 31.0. The Kier molecular flexibility index (Phi) is 8.22. The summed E-state index contributed by atoms with van der Waals surface area (Å²) in [6.45, 7) is 4.59. The number of anilines is 3. The zero-order valence-electron chi connectivity index (χ0n) is 21.1. The van der Waals surface area contributed by atoms with Crippen LogP contribution >= 0.6 is 9.24 Å². The number of carbonyl (C=O) groups excluding carboxylic acids is 2. The van der Waals surface area contributed by atoms with E-state index in [1.54, 1.807) is 53.4 Å². The van der Waals surface area contributed by atoms with Gasteiger partial charge in [0.2, 0.25) is 0 Å². The van der Waals surface area contributed by atoms with Crippen LogP contribution in [0.25, 0.3) is 0 Å². The normalized spacial score (nSPS) is 15.6. The van der Waals surface area contributed by atoms with E-state index in [0.717, 1.165) is 0 Å². The van der Waals surface area contributed by atoms with E-state index >= 15 is 0 Å². The third-order valence-corrected chi connectivity index (χ3v) is 6.33. The molecule has 0 aliphatic carbocycles. The summed E-state index contributed by atoms with van der Waals surface area (Å²) in [4.78, 5) is 29.1. The van der Waals surface area contributed by atoms with E-state index in [0.29, 0.717) is 40.4 Å². The Morgan fingerprint density at radius 2 is 1.72 bits per heavy atom. The maximum absolute atomic E-state index is 13.0. The lowest BCUT2D eigenvalue weighted by Crippen LogP contribution is -2.53. The maximum Gasteiger partial charge on any atom is 0.318 e. The summed E-state index contributed by atoms with van der Waals surface area (Å²) in [5.74, 6) is -0.305. The van der Waals surface area contributed by atoms with Gasteiger partial charge in [-0.15, -0.1) is 9.24 Å². The molecule has 0 radical (unpaired) electrons. The molecule has 2 aromatic rings. The fourth-order valence-electron chi connectivity index (χ4n) is 3.90. The molecular weight excluding hydrogens is 475 g/mol. The summed E-state index contributed by atoms with van der Waals surface area (Å²) in [6.07, 6.45) is 0. The SMILES string of the molecule is CN(C)C[C@H](P)NC(=O)N1CC(C(=N)Nc2cccc(NC(=O)c3ccc(N)cc3)c2)=C(N)C1(C)C. The fraction of sp³-hybridized carbons (Fsp3) is 0.320. The third-order valence-electron chi connectivity index (χ3n) is 5.96. The molecule has 11 heteroatoms. The average molecular weight is 511 g/mol. The molecular formula is C25H35N8O2P. The number of nitrogens with zero attached hydrogens (tertiary/aromatic N) is 2. The number of benzene rings is 2. The van der Waals surface area contributed by atoms with Crippen molar-refractivity contribution in [1.29, 1.82) is 5.41 Å². The van der Waals surface area contributed by atoms with Gasteiger partial charge in [0.05, 0.1) is 17.9 Å². The van der Waals surface area contributed by atoms with Crippen LogP contribution in [0.4, 0.5) is 21.9 Å². The second-order valence-corrected chi connectivity index (χ2v) is 10.3. The minimum atomic E-state index is -0.759. The number of hydrogen-bond donors (Lipinski definition) is 6. The number of nitrogens with one attached hydrogen (secondary N) is 4. The van der Waals surface area contributed by atoms with E-state index in [1.165, 1.54) is 0 Å². The quantitative estimate of drug-likeness (QED) is 0.146. The van der Waals surface area contributed by atoms with Crippen LogP contribution in [0.5, 0.6) is 0 Å². The summed E-state index contributed by atoms with van der Waals surface area (Å²) in [5.41, 5.74) is 14.6. The number of amidine groups is 1. The lowest BCUT2D eigenvalue weighted by molar-refractivity contribution is 0.102. The highest BCUT2D eigenvalue weighted by Gasteiger charge is 2.42. The number of nitrogen functional groups attached to an aromatic ring is 1. The standard InChI is InChI=1S/C25H35N8O2P/c1-25(2)21(27)19(13-33(25)24(35)31-20(36)14-32(3)4)22(28)29-17-6-5-7-18(12-17)30-23(34)15-8-10-16(26)11-9-15/h5-12,20H,13-14,26-27,36H2,1-4H3,(H2,28,29)(H,30,34)(H,31,35)/t20-/m0/s1. The van der Waals surface area contributed by atoms with Crippen molar-refractivity contribution in [2.24, 2.45) is 5.73 Å². The van der Waals surface area contributed by atoms with Crippen molar-refractivity contribution >= 4 is 44.1 Å². The third kappa shape index (κ3) is 6.33. The first kappa shape index (κ1) is 27.0. The molecule has 36 heavy (non-hydrogen) atoms. The van der Waals surface area contributed by atoms with Crippen LogP contribution in [0.15, 0.2) is 59.8 Å². The first-order valence-corrected chi connectivity index (χ1v) is 12.2. The second-order valence-electron chi connectivity index (χ2n) is 9.51. The van der Waals surface area contributed by atoms with E-state index in [1.807, 2.05) is 32.8 Å². The van der Waals surface area contributed by atoms with Crippen molar-refractivity contribution in [3.05, 3.63) is 65.4 Å². The molecule has 1 unspecified atom stereocenters. The van der Waals surface area contributed by atoms with Gasteiger partial charge < -0.3 is 37.2 Å². The molecule has 0 bridgehead atoms. The molecule has 10 nitrogen and oxygen atoms in total. The van der Waals surface area contributed by atoms with Gasteiger partial charge in [-0.25, -0.2) is 4.79 Å². The zero-order valence-corrected chi connectivity index (χ0v) is 22.2. The van der Waals surface area contributed by atoms with Crippen molar-refractivity contribution in [3.63, 3.8) is 0 Å². The number of rotatable bonds is 7. The Morgan fingerprint density at radius 3 is 2.33 bits per heavy atom. The largest absolute Gasteiger partial charge is 0.400 e. The zero-order chi connectivity index (χ0) is 26.6. The van der Waals surface area contributed by atoms with Gasteiger partial charge in [0.25, 0.3) is 5.91 Å². The molecule has 1 aliphatic rings. The minimum Gasteiger partial charge on any atom is -0.400 e. The predicted molar refractivity (Wildman–Crippen MR) is 149 cm³/mol. The highest BCUT2D eigenvalue weighted by Crippen LogP contribution is 2.32. The second kappa shape index (κ2) is 11.0. The molecule has 2 atom stereocenters. The molecule has 0 spiro atoms. The summed E-state index contributed by atoms with van der Waals surface area (Å²) >= 11 is 0. The van der Waals surface area contributed by atoms with Gasteiger partial charge in [0.15, 0.2) is 0 Å². The lowest BCUT2D eigenvalue weighted by atomic mass is 10.0. The van der Waals surface area contributed by atoms with Crippen LogP contribution in [-0.2, 0) is 0 Å². The first-order chi connectivity index (χ1) is 16.9. The summed E-state index contributed by atoms with van der Waals surface area (Å²) in [5, 5.41) is 17.5. The van der Waals surface area contributed by atoms with Crippen LogP contribution in [0.2, 0.25) is 0 Å². The van der Waals surface area contributed by atoms with Crippen LogP contribution in [-0.4, -0.2) is 66.1 Å². The molecule has 0 saturated carbocycles. The Morgan fingerprint density at radius 1 is 1.11 bits per heavy atom. The van der Waals surface area contributed by atoms with Gasteiger partial charge in [0.1, 0.15) is 5.84 Å². The van der Waals surface area contributed by atoms with Gasteiger partial charge in [-0.2, -0.15) is 0 Å². The topological polar surface area (TPSA) is 153 Å². The van der Waals surface area contributed by atoms with E-state index in [-0.39, 0.29) is 30.1 Å². The first-order valence-electron chi connectivity index (χ1n) is 11.5. The summed E-state index contributed by atoms with van der Waals surface area (Å²) in [7, 11) is 6.50. The molecule has 3 rings (SSSR count). The summed E-state index contributed by atoms with van der Waals surface area (Å²) < 4.78 is 0. The van der Waals surface area contributed by atoms with Crippen LogP contribution in [0.3, 0.4) is 0 Å². The van der Waals surface area contributed by atoms with E-state index in [4.69, 9.17) is 16.9 Å². The van der Waals surface area contributed by atoms with E-state index in [2.05, 4.69) is 25.2 Å². The van der Waals surface area contributed by atoms with Crippen molar-refractivity contribution < 1.29 is 9.59 Å². The number of hydrogen-bond acceptors (Lipinski definition) is 6. The Hall–Kier alpha value is -3.62. The number of carbonyl (C=O) groups is 2. The van der Waals surface area contributed by atoms with Crippen molar-refractivity contribution in [2.75, 3.05) is 43.6 Å². The number of likely N-dealkylation sites (N-methyl/N-ethyl adjacent to an activating group) is 1. The average Bonchev–Trinajstić information content (AvgIpc) is 3.03. The molecule has 0 saturated heterocycles. The van der Waals surface area contributed by atoms with Crippen molar-refractivity contribution in [3.8, 4) is 0 Å². The van der Waals surface area contributed by atoms with Crippen LogP contribution in [0.1, 0.15) is 24.2 Å². The Balaban J connectivity index is 1.68. The highest BCUT2D eigenvalue weighted by molar-refractivity contribution is 7.17. The van der Waals surface area contributed by atoms with Gasteiger partial charge >= 0.3 is 6.03 Å². The molecule has 1 heterocycles. The molecule has 8 N–H and O–H groups in total. The predicted octanol–water partition coefficient (Wildman–Crippen LogP) is 2.69. The number of nitrogens with two attached hydrogens (primary N) is 2.